The molecule has 9 heteroatoms. The smallest absolute Gasteiger partial charge is 0.275 e. The Hall–Kier alpha value is -3.72. The highest BCUT2D eigenvalue weighted by Gasteiger charge is 2.28. The maximum absolute atomic E-state index is 12.7. The van der Waals surface area contributed by atoms with Crippen LogP contribution in [0, 0.1) is 0 Å². The first-order chi connectivity index (χ1) is 16.6. The molecule has 1 amide bonds. The highest BCUT2D eigenvalue weighted by Crippen LogP contribution is 2.41. The predicted octanol–water partition coefficient (Wildman–Crippen LogP) is 4.40. The summed E-state index contributed by atoms with van der Waals surface area (Å²) in [5.41, 5.74) is 0.919. The summed E-state index contributed by atoms with van der Waals surface area (Å²) in [6.07, 6.45) is 2.15. The van der Waals surface area contributed by atoms with Crippen LogP contribution < -0.4 is 20.3 Å². The van der Waals surface area contributed by atoms with Crippen molar-refractivity contribution < 1.29 is 14.3 Å². The number of hydrogen-bond acceptors (Lipinski definition) is 7. The fraction of sp³-hybridized carbons (Fsp3) is 0.280. The Bertz CT molecular complexity index is 1360. The molecular weight excluding hydrogens is 452 g/mol. The van der Waals surface area contributed by atoms with Crippen molar-refractivity contribution in [1.82, 2.24) is 14.6 Å². The number of anilines is 1. The Balaban J connectivity index is 1.23. The van der Waals surface area contributed by atoms with E-state index < -0.39 is 6.10 Å². The van der Waals surface area contributed by atoms with Crippen molar-refractivity contribution in [1.29, 1.82) is 0 Å². The number of nitrogens with zero attached hydrogens (tertiary/aromatic N) is 3. The van der Waals surface area contributed by atoms with Crippen molar-refractivity contribution in [3.63, 3.8) is 0 Å². The Labute approximate surface area is 200 Å². The zero-order valence-electron chi connectivity index (χ0n) is 18.6. The van der Waals surface area contributed by atoms with Gasteiger partial charge in [-0.15, -0.1) is 0 Å². The number of carbonyl (C=O) groups is 1. The number of ether oxygens (including phenoxy) is 2. The van der Waals surface area contributed by atoms with Gasteiger partial charge in [-0.1, -0.05) is 42.5 Å². The average Bonchev–Trinajstić information content (AvgIpc) is 3.61. The van der Waals surface area contributed by atoms with Crippen LogP contribution >= 0.6 is 11.3 Å². The van der Waals surface area contributed by atoms with Crippen LogP contribution in [0.2, 0.25) is 0 Å². The van der Waals surface area contributed by atoms with E-state index in [0.29, 0.717) is 40.2 Å². The molecule has 8 nitrogen and oxygen atoms in total. The molecule has 5 rings (SSSR count). The van der Waals surface area contributed by atoms with E-state index in [1.165, 1.54) is 21.9 Å². The molecule has 0 saturated heterocycles. The largest absolute Gasteiger partial charge is 0.487 e. The first-order valence-electron chi connectivity index (χ1n) is 11.2. The third-order valence-corrected chi connectivity index (χ3v) is 6.48. The fourth-order valence-electron chi connectivity index (χ4n) is 3.47. The van der Waals surface area contributed by atoms with Gasteiger partial charge < -0.3 is 14.8 Å². The number of benzene rings is 2. The van der Waals surface area contributed by atoms with Crippen LogP contribution in [0.25, 0.3) is 4.96 Å². The number of nitrogens with one attached hydrogen (secondary N) is 1. The molecule has 1 N–H and O–H groups in total. The quantitative estimate of drug-likeness (QED) is 0.385. The Morgan fingerprint density at radius 2 is 1.94 bits per heavy atom. The standard InChI is InChI=1S/C25H24N4O4S/c1-2-21(33-19-8-4-3-5-9-19)23(31)26-17-7-6-10-20(13-17)32-15-18-14-22(30)29-25(27-18)34-24(28-29)16-11-12-16/h3-10,13-14,16,21H,2,11-12,15H2,1H3,(H,26,31). The second kappa shape index (κ2) is 9.64. The molecule has 0 radical (unpaired) electrons. The predicted molar refractivity (Wildman–Crippen MR) is 130 cm³/mol. The third-order valence-electron chi connectivity index (χ3n) is 5.41. The molecule has 1 aliphatic carbocycles. The Morgan fingerprint density at radius 3 is 2.71 bits per heavy atom. The van der Waals surface area contributed by atoms with Gasteiger partial charge in [-0.3, -0.25) is 9.59 Å². The SMILES string of the molecule is CCC(Oc1ccccc1)C(=O)Nc1cccc(OCc2cc(=O)n3nc(C4CC4)sc3n2)c1. The molecule has 2 aromatic heterocycles. The van der Waals surface area contributed by atoms with Gasteiger partial charge in [0.1, 0.15) is 23.1 Å². The molecule has 0 spiro atoms. The normalized spacial score (nSPS) is 14.0. The second-order valence-corrected chi connectivity index (χ2v) is 9.12. The molecule has 1 aliphatic rings. The third kappa shape index (κ3) is 5.09. The Morgan fingerprint density at radius 1 is 1.15 bits per heavy atom. The monoisotopic (exact) mass is 476 g/mol. The zero-order chi connectivity index (χ0) is 23.5. The van der Waals surface area contributed by atoms with E-state index in [0.717, 1.165) is 17.8 Å². The number of aromatic nitrogens is 3. The number of para-hydroxylation sites is 1. The van der Waals surface area contributed by atoms with Crippen molar-refractivity contribution in [2.24, 2.45) is 0 Å². The van der Waals surface area contributed by atoms with Gasteiger partial charge >= 0.3 is 0 Å². The van der Waals surface area contributed by atoms with E-state index in [-0.39, 0.29) is 18.1 Å². The summed E-state index contributed by atoms with van der Waals surface area (Å²) in [6.45, 7) is 2.03. The van der Waals surface area contributed by atoms with Crippen LogP contribution in [-0.2, 0) is 11.4 Å². The summed E-state index contributed by atoms with van der Waals surface area (Å²) < 4.78 is 13.0. The molecular formula is C25H24N4O4S. The van der Waals surface area contributed by atoms with E-state index in [4.69, 9.17) is 9.47 Å². The number of amides is 1. The van der Waals surface area contributed by atoms with E-state index in [1.54, 1.807) is 24.3 Å². The van der Waals surface area contributed by atoms with E-state index in [9.17, 15) is 9.59 Å². The Kier molecular flexibility index (Phi) is 6.27. The highest BCUT2D eigenvalue weighted by molar-refractivity contribution is 7.16. The number of rotatable bonds is 9. The van der Waals surface area contributed by atoms with Crippen molar-refractivity contribution >= 4 is 27.9 Å². The van der Waals surface area contributed by atoms with Crippen LogP contribution in [0.5, 0.6) is 11.5 Å². The number of carbonyl (C=O) groups excluding carboxylic acids is 1. The molecule has 2 aromatic carbocycles. The molecule has 1 unspecified atom stereocenters. The number of fused-ring (bicyclic) bond motifs is 1. The first-order valence-corrected chi connectivity index (χ1v) is 12.1. The molecule has 1 saturated carbocycles. The lowest BCUT2D eigenvalue weighted by molar-refractivity contribution is -0.122. The molecule has 2 heterocycles. The van der Waals surface area contributed by atoms with Gasteiger partial charge in [0.2, 0.25) is 4.96 Å². The van der Waals surface area contributed by atoms with Crippen molar-refractivity contribution in [3.05, 3.63) is 81.7 Å². The maximum atomic E-state index is 12.7. The van der Waals surface area contributed by atoms with Crippen molar-refractivity contribution in [2.75, 3.05) is 5.32 Å². The van der Waals surface area contributed by atoms with Crippen LogP contribution in [0.3, 0.4) is 0 Å². The van der Waals surface area contributed by atoms with Gasteiger partial charge in [-0.25, -0.2) is 4.98 Å². The minimum absolute atomic E-state index is 0.133. The lowest BCUT2D eigenvalue weighted by atomic mass is 10.2. The summed E-state index contributed by atoms with van der Waals surface area (Å²) in [7, 11) is 0. The van der Waals surface area contributed by atoms with Gasteiger partial charge in [-0.05, 0) is 43.5 Å². The second-order valence-electron chi connectivity index (χ2n) is 8.13. The van der Waals surface area contributed by atoms with Gasteiger partial charge in [-0.2, -0.15) is 9.61 Å². The topological polar surface area (TPSA) is 94.8 Å². The lowest BCUT2D eigenvalue weighted by Crippen LogP contribution is -2.32. The minimum Gasteiger partial charge on any atom is -0.487 e. The fourth-order valence-corrected chi connectivity index (χ4v) is 4.56. The minimum atomic E-state index is -0.615. The molecule has 1 atom stereocenters. The van der Waals surface area contributed by atoms with Gasteiger partial charge in [0, 0.05) is 23.7 Å². The van der Waals surface area contributed by atoms with Crippen LogP contribution in [0.4, 0.5) is 5.69 Å². The molecule has 1 fully saturated rings. The van der Waals surface area contributed by atoms with Crippen molar-refractivity contribution in [3.8, 4) is 11.5 Å². The summed E-state index contributed by atoms with van der Waals surface area (Å²) >= 11 is 1.46. The molecule has 4 aromatic rings. The zero-order valence-corrected chi connectivity index (χ0v) is 19.5. The summed E-state index contributed by atoms with van der Waals surface area (Å²) in [6, 6.07) is 17.8. The highest BCUT2D eigenvalue weighted by atomic mass is 32.1. The maximum Gasteiger partial charge on any atom is 0.275 e. The summed E-state index contributed by atoms with van der Waals surface area (Å²) in [5.74, 6) is 1.43. The van der Waals surface area contributed by atoms with Gasteiger partial charge in [0.25, 0.3) is 11.5 Å². The first kappa shape index (κ1) is 22.1. The van der Waals surface area contributed by atoms with Crippen molar-refractivity contribution in [2.45, 2.75) is 44.8 Å². The summed E-state index contributed by atoms with van der Waals surface area (Å²) in [4.78, 5) is 30.3. The molecule has 0 bridgehead atoms. The molecule has 174 valence electrons. The van der Waals surface area contributed by atoms with E-state index in [1.807, 2.05) is 37.3 Å². The molecule has 34 heavy (non-hydrogen) atoms. The average molecular weight is 477 g/mol. The van der Waals surface area contributed by atoms with E-state index >= 15 is 0 Å². The van der Waals surface area contributed by atoms with Gasteiger partial charge in [0.15, 0.2) is 6.10 Å². The van der Waals surface area contributed by atoms with E-state index in [2.05, 4.69) is 15.4 Å². The van der Waals surface area contributed by atoms with Crippen LogP contribution in [0.1, 0.15) is 42.8 Å². The van der Waals surface area contributed by atoms with Crippen LogP contribution in [0.15, 0.2) is 65.5 Å². The number of hydrogen-bond donors (Lipinski definition) is 1. The summed E-state index contributed by atoms with van der Waals surface area (Å²) in [5, 5.41) is 8.24. The van der Waals surface area contributed by atoms with Crippen LogP contribution in [-0.4, -0.2) is 26.6 Å². The lowest BCUT2D eigenvalue weighted by Gasteiger charge is -2.17. The molecule has 0 aliphatic heterocycles. The van der Waals surface area contributed by atoms with Gasteiger partial charge in [0.05, 0.1) is 5.69 Å².